The van der Waals surface area contributed by atoms with Gasteiger partial charge in [0, 0.05) is 11.6 Å². The lowest BCUT2D eigenvalue weighted by molar-refractivity contribution is 0.0527. The Labute approximate surface area is 111 Å². The molecular weight excluding hydrogens is 242 g/mol. The molecule has 2 rings (SSSR count). The Hall–Kier alpha value is -2.14. The number of carbonyl (C=O) groups is 1. The zero-order valence-corrected chi connectivity index (χ0v) is 11.3. The molecule has 1 heterocycles. The fourth-order valence-electron chi connectivity index (χ4n) is 2.18. The van der Waals surface area contributed by atoms with E-state index in [1.165, 1.54) is 6.20 Å². The summed E-state index contributed by atoms with van der Waals surface area (Å²) in [5, 5.41) is 0.825. The number of carbonyl (C=O) groups excluding carboxylic acids is 1. The van der Waals surface area contributed by atoms with Gasteiger partial charge in [-0.1, -0.05) is 11.6 Å². The van der Waals surface area contributed by atoms with Crippen LogP contribution in [-0.2, 0) is 4.74 Å². The number of hydrogen-bond acceptors (Lipinski definition) is 5. The Kier molecular flexibility index (Phi) is 3.66. The predicted octanol–water partition coefficient (Wildman–Crippen LogP) is 2.31. The Bertz CT molecular complexity index is 638. The maximum Gasteiger partial charge on any atom is 0.341 e. The zero-order valence-electron chi connectivity index (χ0n) is 11.3. The van der Waals surface area contributed by atoms with Crippen LogP contribution in [0.3, 0.4) is 0 Å². The number of benzene rings is 1. The number of hydrogen-bond donors (Lipinski definition) is 2. The topological polar surface area (TPSA) is 77.2 Å². The number of rotatable bonds is 3. The molecule has 0 unspecified atom stereocenters. The third kappa shape index (κ3) is 2.37. The van der Waals surface area contributed by atoms with Crippen LogP contribution in [0, 0.1) is 13.8 Å². The van der Waals surface area contributed by atoms with E-state index < -0.39 is 5.97 Å². The normalized spacial score (nSPS) is 10.5. The van der Waals surface area contributed by atoms with Crippen LogP contribution >= 0.6 is 0 Å². The van der Waals surface area contributed by atoms with Crippen molar-refractivity contribution in [2.24, 2.45) is 5.84 Å². The Balaban J connectivity index is 2.72. The van der Waals surface area contributed by atoms with Crippen molar-refractivity contribution in [2.75, 3.05) is 12.0 Å². The van der Waals surface area contributed by atoms with E-state index in [1.807, 2.05) is 26.0 Å². The monoisotopic (exact) mass is 259 g/mol. The van der Waals surface area contributed by atoms with E-state index in [0.29, 0.717) is 17.9 Å². The largest absolute Gasteiger partial charge is 0.462 e. The average Bonchev–Trinajstić information content (AvgIpc) is 2.37. The number of esters is 1. The first-order valence-corrected chi connectivity index (χ1v) is 6.12. The van der Waals surface area contributed by atoms with Gasteiger partial charge in [-0.3, -0.25) is 10.8 Å². The number of nitrogens with two attached hydrogens (primary N) is 1. The summed E-state index contributed by atoms with van der Waals surface area (Å²) in [6.07, 6.45) is 1.50. The zero-order chi connectivity index (χ0) is 14.0. The standard InChI is InChI=1S/C14H17N3O2/c1-4-19-14(18)11-7-16-12-9(3)5-8(2)6-10(12)13(11)17-15/h5-7H,4,15H2,1-3H3,(H,16,17). The lowest BCUT2D eigenvalue weighted by Gasteiger charge is -2.12. The molecule has 0 atom stereocenters. The van der Waals surface area contributed by atoms with Crippen molar-refractivity contribution in [1.82, 2.24) is 4.98 Å². The van der Waals surface area contributed by atoms with Gasteiger partial charge in [0.05, 0.1) is 17.8 Å². The third-order valence-corrected chi connectivity index (χ3v) is 2.95. The van der Waals surface area contributed by atoms with Crippen molar-refractivity contribution < 1.29 is 9.53 Å². The summed E-state index contributed by atoms with van der Waals surface area (Å²) in [5.41, 5.74) is 6.45. The SMILES string of the molecule is CCOC(=O)c1cnc2c(C)cc(C)cc2c1NN. The van der Waals surface area contributed by atoms with E-state index in [-0.39, 0.29) is 0 Å². The molecule has 1 aromatic heterocycles. The number of hydrazine groups is 1. The summed E-state index contributed by atoms with van der Waals surface area (Å²) in [6.45, 7) is 6.04. The first-order chi connectivity index (χ1) is 9.08. The molecule has 1 aromatic carbocycles. The van der Waals surface area contributed by atoms with Crippen LogP contribution in [0.5, 0.6) is 0 Å². The van der Waals surface area contributed by atoms with Crippen molar-refractivity contribution in [3.63, 3.8) is 0 Å². The highest BCUT2D eigenvalue weighted by atomic mass is 16.5. The highest BCUT2D eigenvalue weighted by Gasteiger charge is 2.16. The predicted molar refractivity (Wildman–Crippen MR) is 75.0 cm³/mol. The molecular formula is C14H17N3O2. The van der Waals surface area contributed by atoms with Gasteiger partial charge in [-0.05, 0) is 32.4 Å². The van der Waals surface area contributed by atoms with E-state index in [4.69, 9.17) is 10.6 Å². The second-order valence-corrected chi connectivity index (χ2v) is 4.39. The fourth-order valence-corrected chi connectivity index (χ4v) is 2.18. The van der Waals surface area contributed by atoms with Crippen LogP contribution in [-0.4, -0.2) is 17.6 Å². The molecule has 19 heavy (non-hydrogen) atoms. The Morgan fingerprint density at radius 2 is 2.16 bits per heavy atom. The maximum absolute atomic E-state index is 11.9. The summed E-state index contributed by atoms with van der Waals surface area (Å²) in [6, 6.07) is 3.99. The van der Waals surface area contributed by atoms with Gasteiger partial charge < -0.3 is 10.2 Å². The molecule has 5 nitrogen and oxygen atoms in total. The minimum Gasteiger partial charge on any atom is -0.462 e. The van der Waals surface area contributed by atoms with E-state index in [2.05, 4.69) is 10.4 Å². The summed E-state index contributed by atoms with van der Waals surface area (Å²) in [5.74, 6) is 5.14. The molecule has 0 saturated carbocycles. The molecule has 0 spiro atoms. The molecule has 0 amide bonds. The van der Waals surface area contributed by atoms with Crippen LogP contribution in [0.15, 0.2) is 18.3 Å². The number of aromatic nitrogens is 1. The summed E-state index contributed by atoms with van der Waals surface area (Å²) < 4.78 is 5.01. The molecule has 0 aliphatic heterocycles. The van der Waals surface area contributed by atoms with Crippen LogP contribution in [0.2, 0.25) is 0 Å². The quantitative estimate of drug-likeness (QED) is 0.502. The molecule has 0 bridgehead atoms. The van der Waals surface area contributed by atoms with Crippen molar-refractivity contribution >= 4 is 22.6 Å². The van der Waals surface area contributed by atoms with Gasteiger partial charge in [0.2, 0.25) is 0 Å². The number of fused-ring (bicyclic) bond motifs is 1. The van der Waals surface area contributed by atoms with E-state index >= 15 is 0 Å². The molecule has 100 valence electrons. The summed E-state index contributed by atoms with van der Waals surface area (Å²) in [7, 11) is 0. The maximum atomic E-state index is 11.9. The minimum atomic E-state index is -0.427. The first kappa shape index (κ1) is 13.3. The minimum absolute atomic E-state index is 0.313. The smallest absolute Gasteiger partial charge is 0.341 e. The van der Waals surface area contributed by atoms with Crippen molar-refractivity contribution in [3.05, 3.63) is 35.0 Å². The van der Waals surface area contributed by atoms with Crippen LogP contribution in [0.25, 0.3) is 10.9 Å². The Morgan fingerprint density at radius 3 is 2.79 bits per heavy atom. The van der Waals surface area contributed by atoms with Crippen LogP contribution in [0.4, 0.5) is 5.69 Å². The fraction of sp³-hybridized carbons (Fsp3) is 0.286. The highest BCUT2D eigenvalue weighted by molar-refractivity contribution is 6.05. The second kappa shape index (κ2) is 5.24. The van der Waals surface area contributed by atoms with Gasteiger partial charge in [0.1, 0.15) is 5.56 Å². The van der Waals surface area contributed by atoms with Crippen molar-refractivity contribution in [3.8, 4) is 0 Å². The Morgan fingerprint density at radius 1 is 1.42 bits per heavy atom. The average molecular weight is 259 g/mol. The molecule has 0 aliphatic carbocycles. The number of nitrogen functional groups attached to an aromatic ring is 1. The molecule has 0 fully saturated rings. The van der Waals surface area contributed by atoms with Crippen LogP contribution < -0.4 is 11.3 Å². The van der Waals surface area contributed by atoms with Gasteiger partial charge in [0.25, 0.3) is 0 Å². The second-order valence-electron chi connectivity index (χ2n) is 4.39. The molecule has 5 heteroatoms. The summed E-state index contributed by atoms with van der Waals surface area (Å²) in [4.78, 5) is 16.2. The molecule has 2 aromatic rings. The number of ether oxygens (including phenoxy) is 1. The van der Waals surface area contributed by atoms with E-state index in [9.17, 15) is 4.79 Å². The van der Waals surface area contributed by atoms with Crippen molar-refractivity contribution in [1.29, 1.82) is 0 Å². The van der Waals surface area contributed by atoms with Gasteiger partial charge in [-0.15, -0.1) is 0 Å². The molecule has 0 aliphatic rings. The number of anilines is 1. The first-order valence-electron chi connectivity index (χ1n) is 6.12. The number of nitrogens with one attached hydrogen (secondary N) is 1. The number of nitrogens with zero attached hydrogens (tertiary/aromatic N) is 1. The lowest BCUT2D eigenvalue weighted by Crippen LogP contribution is -2.15. The van der Waals surface area contributed by atoms with E-state index in [1.54, 1.807) is 6.92 Å². The summed E-state index contributed by atoms with van der Waals surface area (Å²) >= 11 is 0. The molecule has 0 saturated heterocycles. The van der Waals surface area contributed by atoms with E-state index in [0.717, 1.165) is 22.0 Å². The number of aryl methyl sites for hydroxylation is 2. The van der Waals surface area contributed by atoms with Crippen molar-refractivity contribution in [2.45, 2.75) is 20.8 Å². The third-order valence-electron chi connectivity index (χ3n) is 2.95. The molecule has 0 radical (unpaired) electrons. The lowest BCUT2D eigenvalue weighted by atomic mass is 10.0. The number of pyridine rings is 1. The van der Waals surface area contributed by atoms with Gasteiger partial charge in [0.15, 0.2) is 0 Å². The molecule has 3 N–H and O–H groups in total. The van der Waals surface area contributed by atoms with Gasteiger partial charge in [-0.25, -0.2) is 4.79 Å². The van der Waals surface area contributed by atoms with Crippen LogP contribution in [0.1, 0.15) is 28.4 Å². The van der Waals surface area contributed by atoms with Gasteiger partial charge in [-0.2, -0.15) is 0 Å². The van der Waals surface area contributed by atoms with Gasteiger partial charge >= 0.3 is 5.97 Å². The highest BCUT2D eigenvalue weighted by Crippen LogP contribution is 2.28.